The predicted octanol–water partition coefficient (Wildman–Crippen LogP) is 6.23. The van der Waals surface area contributed by atoms with Gasteiger partial charge in [-0.25, -0.2) is 0 Å². The van der Waals surface area contributed by atoms with Crippen LogP contribution in [0.3, 0.4) is 0 Å². The van der Waals surface area contributed by atoms with Crippen molar-refractivity contribution in [3.63, 3.8) is 0 Å². The molecule has 0 aliphatic carbocycles. The van der Waals surface area contributed by atoms with Crippen molar-refractivity contribution >= 4 is 34.4 Å². The fourth-order valence-electron chi connectivity index (χ4n) is 5.22. The van der Waals surface area contributed by atoms with Gasteiger partial charge in [-0.3, -0.25) is 4.98 Å². The van der Waals surface area contributed by atoms with Crippen molar-refractivity contribution in [1.29, 1.82) is 5.26 Å². The normalized spacial score (nSPS) is 16.0. The van der Waals surface area contributed by atoms with Gasteiger partial charge >= 0.3 is 0 Å². The minimum absolute atomic E-state index is 0.515. The standard InChI is InChI=1S/C31H34N6/c1-22-28-13-15-35-30(28)11-10-29(22)36-31-25(20-34-21-26(31)18-32)9-8-23-5-3-6-24(17-23)19-33-14-12-27-7-4-16-37(27)2/h3,5-6,8-11,13,15,17,20-21,27,33,35H,4,7,12,14,16,19H2,1-2H3,(H,34,36)/b9-8+. The number of hydrogen-bond donors (Lipinski definition) is 3. The summed E-state index contributed by atoms with van der Waals surface area (Å²) in [6, 6.07) is 17.8. The molecule has 0 bridgehead atoms. The van der Waals surface area contributed by atoms with E-state index in [-0.39, 0.29) is 0 Å². The third-order valence-corrected chi connectivity index (χ3v) is 7.42. The van der Waals surface area contributed by atoms with Crippen molar-refractivity contribution in [1.82, 2.24) is 20.2 Å². The number of fused-ring (bicyclic) bond motifs is 1. The van der Waals surface area contributed by atoms with Gasteiger partial charge in [0.1, 0.15) is 6.07 Å². The SMILES string of the molecule is Cc1c(Nc2c(C#N)cncc2/C=C/c2cccc(CNCCC3CCCN3C)c2)ccc2[nH]ccc12. The average Bonchev–Trinajstić information content (AvgIpc) is 3.57. The Bertz CT molecular complexity index is 1440. The first-order valence-corrected chi connectivity index (χ1v) is 13.0. The minimum Gasteiger partial charge on any atom is -0.361 e. The van der Waals surface area contributed by atoms with E-state index in [1.807, 2.05) is 18.3 Å². The number of aromatic nitrogens is 2. The van der Waals surface area contributed by atoms with Gasteiger partial charge in [0.25, 0.3) is 0 Å². The predicted molar refractivity (Wildman–Crippen MR) is 153 cm³/mol. The zero-order valence-corrected chi connectivity index (χ0v) is 21.6. The zero-order valence-electron chi connectivity index (χ0n) is 21.6. The molecule has 4 aromatic rings. The Hall–Kier alpha value is -3.92. The van der Waals surface area contributed by atoms with Gasteiger partial charge in [-0.2, -0.15) is 5.26 Å². The summed E-state index contributed by atoms with van der Waals surface area (Å²) in [6.45, 7) is 5.21. The largest absolute Gasteiger partial charge is 0.361 e. The minimum atomic E-state index is 0.515. The number of nitriles is 1. The number of aromatic amines is 1. The molecule has 0 radical (unpaired) electrons. The number of pyridine rings is 1. The van der Waals surface area contributed by atoms with E-state index in [0.717, 1.165) is 58.1 Å². The summed E-state index contributed by atoms with van der Waals surface area (Å²) in [5.74, 6) is 0. The van der Waals surface area contributed by atoms with E-state index in [1.165, 1.54) is 31.4 Å². The van der Waals surface area contributed by atoms with Gasteiger partial charge < -0.3 is 20.5 Å². The van der Waals surface area contributed by atoms with Crippen LogP contribution in [0.2, 0.25) is 0 Å². The number of likely N-dealkylation sites (tertiary alicyclic amines) is 1. The zero-order chi connectivity index (χ0) is 25.6. The maximum absolute atomic E-state index is 9.77. The second-order valence-corrected chi connectivity index (χ2v) is 9.89. The number of nitrogens with one attached hydrogen (secondary N) is 3. The number of rotatable bonds is 9. The molecular weight excluding hydrogens is 456 g/mol. The van der Waals surface area contributed by atoms with Crippen molar-refractivity contribution in [2.45, 2.75) is 38.8 Å². The molecule has 1 unspecified atom stereocenters. The van der Waals surface area contributed by atoms with E-state index in [0.29, 0.717) is 5.56 Å². The van der Waals surface area contributed by atoms with Crippen LogP contribution in [-0.4, -0.2) is 41.0 Å². The van der Waals surface area contributed by atoms with Crippen LogP contribution >= 0.6 is 0 Å². The Labute approximate surface area is 219 Å². The Kier molecular flexibility index (Phi) is 7.65. The lowest BCUT2D eigenvalue weighted by molar-refractivity contribution is 0.293. The summed E-state index contributed by atoms with van der Waals surface area (Å²) in [5, 5.41) is 18.0. The third-order valence-electron chi connectivity index (χ3n) is 7.42. The lowest BCUT2D eigenvalue weighted by atomic mass is 10.1. The Morgan fingerprint density at radius 2 is 2.11 bits per heavy atom. The fraction of sp³-hybridized carbons (Fsp3) is 0.290. The second-order valence-electron chi connectivity index (χ2n) is 9.89. The number of nitrogens with zero attached hydrogens (tertiary/aromatic N) is 3. The highest BCUT2D eigenvalue weighted by molar-refractivity contribution is 5.90. The van der Waals surface area contributed by atoms with Crippen molar-refractivity contribution in [3.8, 4) is 6.07 Å². The van der Waals surface area contributed by atoms with Gasteiger partial charge in [0.05, 0.1) is 11.3 Å². The molecule has 0 saturated carbocycles. The molecule has 1 aliphatic rings. The Balaban J connectivity index is 1.29. The van der Waals surface area contributed by atoms with E-state index in [1.54, 1.807) is 12.4 Å². The van der Waals surface area contributed by atoms with Crippen molar-refractivity contribution in [3.05, 3.63) is 88.9 Å². The second kappa shape index (κ2) is 11.4. The number of anilines is 2. The molecule has 0 spiro atoms. The highest BCUT2D eigenvalue weighted by atomic mass is 15.1. The van der Waals surface area contributed by atoms with Gasteiger partial charge in [-0.1, -0.05) is 36.4 Å². The van der Waals surface area contributed by atoms with Crippen LogP contribution < -0.4 is 10.6 Å². The average molecular weight is 491 g/mol. The monoisotopic (exact) mass is 490 g/mol. The van der Waals surface area contributed by atoms with Crippen molar-refractivity contribution in [2.24, 2.45) is 0 Å². The number of benzene rings is 2. The summed E-state index contributed by atoms with van der Waals surface area (Å²) >= 11 is 0. The van der Waals surface area contributed by atoms with E-state index in [2.05, 4.69) is 88.0 Å². The lowest BCUT2D eigenvalue weighted by Crippen LogP contribution is -2.28. The van der Waals surface area contributed by atoms with E-state index in [9.17, 15) is 5.26 Å². The third kappa shape index (κ3) is 5.75. The van der Waals surface area contributed by atoms with Gasteiger partial charge in [0.15, 0.2) is 0 Å². The van der Waals surface area contributed by atoms with Crippen LogP contribution in [-0.2, 0) is 6.54 Å². The quantitative estimate of drug-likeness (QED) is 0.242. The molecule has 5 rings (SSSR count). The van der Waals surface area contributed by atoms with Crippen LogP contribution in [0.15, 0.2) is 61.1 Å². The number of H-pyrrole nitrogens is 1. The highest BCUT2D eigenvalue weighted by Gasteiger charge is 2.19. The topological polar surface area (TPSA) is 79.8 Å². The molecule has 6 nitrogen and oxygen atoms in total. The summed E-state index contributed by atoms with van der Waals surface area (Å²) in [5.41, 5.74) is 7.74. The lowest BCUT2D eigenvalue weighted by Gasteiger charge is -2.19. The molecule has 1 fully saturated rings. The van der Waals surface area contributed by atoms with Gasteiger partial charge in [0.2, 0.25) is 0 Å². The number of hydrogen-bond acceptors (Lipinski definition) is 5. The molecule has 0 amide bonds. The van der Waals surface area contributed by atoms with Gasteiger partial charge in [-0.15, -0.1) is 0 Å². The molecular formula is C31H34N6. The molecule has 3 heterocycles. The molecule has 1 aliphatic heterocycles. The Morgan fingerprint density at radius 3 is 2.95 bits per heavy atom. The summed E-state index contributed by atoms with van der Waals surface area (Å²) < 4.78 is 0. The van der Waals surface area contributed by atoms with Crippen LogP contribution in [0.25, 0.3) is 23.1 Å². The molecule has 188 valence electrons. The summed E-state index contributed by atoms with van der Waals surface area (Å²) in [6.07, 6.45) is 13.3. The van der Waals surface area contributed by atoms with E-state index >= 15 is 0 Å². The molecule has 37 heavy (non-hydrogen) atoms. The Morgan fingerprint density at radius 1 is 1.19 bits per heavy atom. The molecule has 1 atom stereocenters. The summed E-state index contributed by atoms with van der Waals surface area (Å²) in [7, 11) is 2.23. The van der Waals surface area contributed by atoms with Gasteiger partial charge in [-0.05, 0) is 81.2 Å². The highest BCUT2D eigenvalue weighted by Crippen LogP contribution is 2.31. The van der Waals surface area contributed by atoms with Crippen molar-refractivity contribution < 1.29 is 0 Å². The molecule has 1 saturated heterocycles. The number of aryl methyl sites for hydroxylation is 1. The van der Waals surface area contributed by atoms with E-state index < -0.39 is 0 Å². The van der Waals surface area contributed by atoms with Crippen LogP contribution in [0.5, 0.6) is 0 Å². The first-order valence-electron chi connectivity index (χ1n) is 13.0. The molecule has 6 heteroatoms. The first kappa shape index (κ1) is 24.8. The van der Waals surface area contributed by atoms with Crippen LogP contribution in [0.4, 0.5) is 11.4 Å². The first-order chi connectivity index (χ1) is 18.1. The maximum Gasteiger partial charge on any atom is 0.103 e. The van der Waals surface area contributed by atoms with E-state index in [4.69, 9.17) is 0 Å². The summed E-state index contributed by atoms with van der Waals surface area (Å²) in [4.78, 5) is 10.0. The maximum atomic E-state index is 9.77. The molecule has 2 aromatic heterocycles. The molecule has 3 N–H and O–H groups in total. The molecule has 2 aromatic carbocycles. The van der Waals surface area contributed by atoms with Crippen molar-refractivity contribution in [2.75, 3.05) is 25.5 Å². The smallest absolute Gasteiger partial charge is 0.103 e. The van der Waals surface area contributed by atoms with Crippen LogP contribution in [0.1, 0.15) is 47.1 Å². The van der Waals surface area contributed by atoms with Gasteiger partial charge in [0, 0.05) is 53.3 Å². The van der Waals surface area contributed by atoms with Crippen LogP contribution in [0, 0.1) is 18.3 Å². The fourth-order valence-corrected chi connectivity index (χ4v) is 5.22.